The fourth-order valence-corrected chi connectivity index (χ4v) is 3.93. The van der Waals surface area contributed by atoms with Gasteiger partial charge in [-0.2, -0.15) is 0 Å². The Hall–Kier alpha value is -2.04. The van der Waals surface area contributed by atoms with Crippen LogP contribution in [-0.4, -0.2) is 43.6 Å². The van der Waals surface area contributed by atoms with Gasteiger partial charge in [0.15, 0.2) is 0 Å². The van der Waals surface area contributed by atoms with Crippen molar-refractivity contribution in [1.29, 1.82) is 0 Å². The number of aryl methyl sites for hydroxylation is 1. The van der Waals surface area contributed by atoms with E-state index in [9.17, 15) is 5.11 Å². The average molecular weight is 412 g/mol. The van der Waals surface area contributed by atoms with Gasteiger partial charge < -0.3 is 19.5 Å². The molecule has 1 aliphatic rings. The van der Waals surface area contributed by atoms with E-state index >= 15 is 0 Å². The Morgan fingerprint density at radius 2 is 1.73 bits per heavy atom. The molecule has 0 unspecified atom stereocenters. The lowest BCUT2D eigenvalue weighted by Gasteiger charge is -2.31. The summed E-state index contributed by atoms with van der Waals surface area (Å²) in [6.07, 6.45) is 5.71. The van der Waals surface area contributed by atoms with Crippen molar-refractivity contribution in [3.8, 4) is 16.9 Å². The minimum atomic E-state index is -0.711. The summed E-state index contributed by atoms with van der Waals surface area (Å²) in [5, 5.41) is 10.4. The van der Waals surface area contributed by atoms with Gasteiger partial charge in [-0.05, 0) is 74.4 Å². The minimum absolute atomic E-state index is 0.577. The Morgan fingerprint density at radius 3 is 2.47 bits per heavy atom. The molecule has 0 radical (unpaired) electrons. The van der Waals surface area contributed by atoms with Gasteiger partial charge in [-0.25, -0.2) is 0 Å². The maximum Gasteiger partial charge on any atom is 0.119 e. The fraction of sp³-hybridized carbons (Fsp3) is 0.538. The Labute approximate surface area is 181 Å². The van der Waals surface area contributed by atoms with Gasteiger partial charge in [-0.3, -0.25) is 0 Å². The largest absolute Gasteiger partial charge is 0.491 e. The van der Waals surface area contributed by atoms with Crippen LogP contribution in [0, 0.1) is 0 Å². The predicted molar refractivity (Wildman–Crippen MR) is 125 cm³/mol. The number of fused-ring (bicyclic) bond motifs is 1. The van der Waals surface area contributed by atoms with E-state index < -0.39 is 5.60 Å². The number of aliphatic hydroxyl groups is 1. The van der Waals surface area contributed by atoms with Gasteiger partial charge in [-0.15, -0.1) is 0 Å². The molecule has 4 nitrogen and oxygen atoms in total. The number of anilines is 1. The van der Waals surface area contributed by atoms with E-state index in [1.54, 1.807) is 0 Å². The summed E-state index contributed by atoms with van der Waals surface area (Å²) in [4.78, 5) is 2.35. The van der Waals surface area contributed by atoms with Gasteiger partial charge in [0.05, 0.1) is 12.2 Å². The molecule has 4 heteroatoms. The van der Waals surface area contributed by atoms with Crippen molar-refractivity contribution in [1.82, 2.24) is 0 Å². The van der Waals surface area contributed by atoms with Crippen molar-refractivity contribution in [2.75, 3.05) is 37.8 Å². The van der Waals surface area contributed by atoms with Crippen molar-refractivity contribution >= 4 is 5.69 Å². The van der Waals surface area contributed by atoms with Crippen LogP contribution in [0.2, 0.25) is 0 Å². The summed E-state index contributed by atoms with van der Waals surface area (Å²) in [6, 6.07) is 15.0. The van der Waals surface area contributed by atoms with Gasteiger partial charge in [0.25, 0.3) is 0 Å². The molecule has 1 N–H and O–H groups in total. The van der Waals surface area contributed by atoms with Crippen LogP contribution in [0.1, 0.15) is 52.0 Å². The van der Waals surface area contributed by atoms with E-state index in [0.717, 1.165) is 44.6 Å². The Bertz CT molecular complexity index is 780. The topological polar surface area (TPSA) is 41.9 Å². The number of benzene rings is 2. The first-order valence-corrected chi connectivity index (χ1v) is 11.4. The maximum atomic E-state index is 10.4. The van der Waals surface area contributed by atoms with E-state index in [0.29, 0.717) is 19.8 Å². The number of unbranched alkanes of at least 4 members (excludes halogenated alkanes) is 1. The van der Waals surface area contributed by atoms with Gasteiger partial charge in [0.2, 0.25) is 0 Å². The van der Waals surface area contributed by atoms with Gasteiger partial charge >= 0.3 is 0 Å². The molecule has 0 atom stereocenters. The quantitative estimate of drug-likeness (QED) is 0.527. The molecule has 1 aliphatic heterocycles. The molecule has 0 saturated heterocycles. The summed E-state index contributed by atoms with van der Waals surface area (Å²) in [6.45, 7) is 9.59. The Balaban J connectivity index is 1.67. The number of β-amino-alcohol motifs (C(OH)–C–C–N with tert-alkyl or cyclic N) is 1. The van der Waals surface area contributed by atoms with E-state index in [-0.39, 0.29) is 0 Å². The van der Waals surface area contributed by atoms with Crippen LogP contribution >= 0.6 is 0 Å². The molecular weight excluding hydrogens is 374 g/mol. The van der Waals surface area contributed by atoms with Gasteiger partial charge in [-0.1, -0.05) is 37.6 Å². The predicted octanol–water partition coefficient (Wildman–Crippen LogP) is 5.46. The monoisotopic (exact) mass is 411 g/mol. The van der Waals surface area contributed by atoms with E-state index in [2.05, 4.69) is 42.2 Å². The smallest absolute Gasteiger partial charge is 0.119 e. The van der Waals surface area contributed by atoms with Crippen LogP contribution in [0.3, 0.4) is 0 Å². The zero-order valence-corrected chi connectivity index (χ0v) is 18.8. The molecule has 0 fully saturated rings. The second-order valence-corrected chi connectivity index (χ2v) is 8.87. The van der Waals surface area contributed by atoms with Crippen LogP contribution < -0.4 is 9.64 Å². The van der Waals surface area contributed by atoms with Crippen LogP contribution in [0.25, 0.3) is 11.1 Å². The normalized spacial score (nSPS) is 14.3. The lowest BCUT2D eigenvalue weighted by Crippen LogP contribution is -2.39. The number of rotatable bonds is 10. The zero-order valence-electron chi connectivity index (χ0n) is 18.8. The first-order chi connectivity index (χ1) is 14.5. The first kappa shape index (κ1) is 22.6. The van der Waals surface area contributed by atoms with Crippen molar-refractivity contribution < 1.29 is 14.6 Å². The summed E-state index contributed by atoms with van der Waals surface area (Å²) >= 11 is 0. The number of ether oxygens (including phenoxy) is 2. The van der Waals surface area contributed by atoms with Gasteiger partial charge in [0, 0.05) is 25.4 Å². The highest BCUT2D eigenvalue weighted by Crippen LogP contribution is 2.33. The third-order valence-corrected chi connectivity index (χ3v) is 5.45. The molecule has 0 saturated carbocycles. The van der Waals surface area contributed by atoms with E-state index in [1.165, 1.54) is 28.8 Å². The highest BCUT2D eigenvalue weighted by Gasteiger charge is 2.22. The van der Waals surface area contributed by atoms with E-state index in [4.69, 9.17) is 9.47 Å². The van der Waals surface area contributed by atoms with Crippen LogP contribution in [-0.2, 0) is 11.2 Å². The molecule has 3 rings (SSSR count). The lowest BCUT2D eigenvalue weighted by molar-refractivity contribution is 0.0873. The summed E-state index contributed by atoms with van der Waals surface area (Å²) in [5.74, 6) is 0.872. The molecule has 30 heavy (non-hydrogen) atoms. The lowest BCUT2D eigenvalue weighted by atomic mass is 9.99. The Morgan fingerprint density at radius 1 is 0.967 bits per heavy atom. The van der Waals surface area contributed by atoms with Crippen molar-refractivity contribution in [3.63, 3.8) is 0 Å². The third-order valence-electron chi connectivity index (χ3n) is 5.45. The third kappa shape index (κ3) is 6.75. The van der Waals surface area contributed by atoms with Crippen molar-refractivity contribution in [3.05, 3.63) is 48.0 Å². The molecular formula is C26H37NO3. The summed E-state index contributed by atoms with van der Waals surface area (Å²) in [7, 11) is 0. The van der Waals surface area contributed by atoms with Crippen LogP contribution in [0.4, 0.5) is 5.69 Å². The molecule has 2 aromatic carbocycles. The highest BCUT2D eigenvalue weighted by atomic mass is 16.5. The SMILES string of the molecule is CCCCOCCOc1ccc(-c2ccc3c(c2)N(CC(C)(C)O)CCCC3)cc1. The Kier molecular flexibility index (Phi) is 8.17. The van der Waals surface area contributed by atoms with Crippen LogP contribution in [0.5, 0.6) is 5.75 Å². The minimum Gasteiger partial charge on any atom is -0.491 e. The molecule has 0 amide bonds. The number of nitrogens with zero attached hydrogens (tertiary/aromatic N) is 1. The standard InChI is InChI=1S/C26H37NO3/c1-4-5-16-29-17-18-30-24-13-11-21(12-14-24)23-10-9-22-8-6-7-15-27(25(22)19-23)20-26(2,3)28/h9-14,19,28H,4-8,15-18,20H2,1-3H3. The molecule has 2 aromatic rings. The number of hydrogen-bond donors (Lipinski definition) is 1. The second-order valence-electron chi connectivity index (χ2n) is 8.87. The van der Waals surface area contributed by atoms with E-state index in [1.807, 2.05) is 26.0 Å². The molecule has 164 valence electrons. The van der Waals surface area contributed by atoms with Gasteiger partial charge in [0.1, 0.15) is 12.4 Å². The molecule has 0 aliphatic carbocycles. The van der Waals surface area contributed by atoms with Crippen molar-refractivity contribution in [2.45, 2.75) is 58.5 Å². The summed E-state index contributed by atoms with van der Waals surface area (Å²) < 4.78 is 11.3. The van der Waals surface area contributed by atoms with Crippen molar-refractivity contribution in [2.24, 2.45) is 0 Å². The molecule has 1 heterocycles. The second kappa shape index (κ2) is 10.8. The van der Waals surface area contributed by atoms with Crippen LogP contribution in [0.15, 0.2) is 42.5 Å². The average Bonchev–Trinajstić information content (AvgIpc) is 2.91. The zero-order chi connectivity index (χ0) is 21.4. The maximum absolute atomic E-state index is 10.4. The molecule has 0 aromatic heterocycles. The molecule has 0 bridgehead atoms. The first-order valence-electron chi connectivity index (χ1n) is 11.4. The summed E-state index contributed by atoms with van der Waals surface area (Å²) in [5.41, 5.74) is 4.31. The molecule has 0 spiro atoms. The fourth-order valence-electron chi connectivity index (χ4n) is 3.93. The highest BCUT2D eigenvalue weighted by molar-refractivity contribution is 5.71. The number of hydrogen-bond acceptors (Lipinski definition) is 4.